The minimum Gasteiger partial charge on any atom is -0.464 e. The predicted octanol–water partition coefficient (Wildman–Crippen LogP) is 3.86. The molecule has 0 spiro atoms. The lowest BCUT2D eigenvalue weighted by molar-refractivity contribution is -0.133. The summed E-state index contributed by atoms with van der Waals surface area (Å²) in [7, 11) is 1.96. The number of carbonyl (C=O) groups excluding carboxylic acids is 1. The maximum Gasteiger partial charge on any atom is 0.237 e. The molecule has 1 fully saturated rings. The quantitative estimate of drug-likeness (QED) is 0.763. The molecule has 3 rings (SSSR count). The first-order valence-electron chi connectivity index (χ1n) is 8.29. The first kappa shape index (κ1) is 17.1. The number of nitrogens with zero attached hydrogens (tertiary/aromatic N) is 2. The maximum absolute atomic E-state index is 12.7. The van der Waals surface area contributed by atoms with Crippen molar-refractivity contribution in [3.8, 4) is 0 Å². The summed E-state index contributed by atoms with van der Waals surface area (Å²) in [6.45, 7) is 3.57. The second kappa shape index (κ2) is 7.41. The van der Waals surface area contributed by atoms with Gasteiger partial charge in [0.25, 0.3) is 0 Å². The molecule has 0 saturated heterocycles. The fourth-order valence-electron chi connectivity index (χ4n) is 2.87. The van der Waals surface area contributed by atoms with Crippen molar-refractivity contribution in [2.24, 2.45) is 0 Å². The molecule has 0 atom stereocenters. The molecule has 128 valence electrons. The van der Waals surface area contributed by atoms with E-state index in [9.17, 15) is 4.79 Å². The van der Waals surface area contributed by atoms with Crippen molar-refractivity contribution in [3.05, 3.63) is 58.5 Å². The number of hydrogen-bond donors (Lipinski definition) is 0. The van der Waals surface area contributed by atoms with Gasteiger partial charge in [0.1, 0.15) is 11.5 Å². The number of aryl methyl sites for hydroxylation is 1. The average Bonchev–Trinajstić information content (AvgIpc) is 3.27. The number of benzene rings is 1. The van der Waals surface area contributed by atoms with Crippen LogP contribution in [0.1, 0.15) is 29.9 Å². The van der Waals surface area contributed by atoms with E-state index in [1.54, 1.807) is 0 Å². The SMILES string of the molecule is Cc1ccc(CN(C(=O)CN(C)Cc2cccc(Cl)c2)C2CC2)o1. The smallest absolute Gasteiger partial charge is 0.237 e. The third-order valence-electron chi connectivity index (χ3n) is 4.18. The zero-order valence-electron chi connectivity index (χ0n) is 14.2. The van der Waals surface area contributed by atoms with Gasteiger partial charge in [0.15, 0.2) is 0 Å². The number of furan rings is 1. The summed E-state index contributed by atoms with van der Waals surface area (Å²) in [5.41, 5.74) is 1.11. The van der Waals surface area contributed by atoms with Gasteiger partial charge in [-0.15, -0.1) is 0 Å². The Bertz CT molecular complexity index is 709. The molecule has 0 N–H and O–H groups in total. The highest BCUT2D eigenvalue weighted by atomic mass is 35.5. The molecule has 1 heterocycles. The molecule has 0 bridgehead atoms. The van der Waals surface area contributed by atoms with Crippen LogP contribution in [0.3, 0.4) is 0 Å². The fraction of sp³-hybridized carbons (Fsp3) is 0.421. The van der Waals surface area contributed by atoms with E-state index in [0.717, 1.165) is 34.9 Å². The fourth-order valence-corrected chi connectivity index (χ4v) is 3.08. The Labute approximate surface area is 148 Å². The summed E-state index contributed by atoms with van der Waals surface area (Å²) in [5, 5.41) is 0.722. The van der Waals surface area contributed by atoms with Crippen LogP contribution in [-0.2, 0) is 17.9 Å². The van der Waals surface area contributed by atoms with E-state index in [-0.39, 0.29) is 5.91 Å². The van der Waals surface area contributed by atoms with Gasteiger partial charge in [-0.3, -0.25) is 9.69 Å². The standard InChI is InChI=1S/C19H23ClN2O2/c1-14-6-9-18(24-14)12-22(17-7-8-17)19(23)13-21(2)11-15-4-3-5-16(20)10-15/h3-6,9-10,17H,7-8,11-13H2,1-2H3. The van der Waals surface area contributed by atoms with E-state index >= 15 is 0 Å². The molecule has 1 saturated carbocycles. The van der Waals surface area contributed by atoms with Crippen molar-refractivity contribution in [2.45, 2.75) is 38.9 Å². The van der Waals surface area contributed by atoms with Crippen molar-refractivity contribution in [1.82, 2.24) is 9.80 Å². The summed E-state index contributed by atoms with van der Waals surface area (Å²) in [6.07, 6.45) is 2.17. The van der Waals surface area contributed by atoms with Crippen LogP contribution in [0.2, 0.25) is 5.02 Å². The van der Waals surface area contributed by atoms with Gasteiger partial charge in [-0.1, -0.05) is 23.7 Å². The molecule has 1 aromatic heterocycles. The zero-order valence-corrected chi connectivity index (χ0v) is 14.9. The van der Waals surface area contributed by atoms with Gasteiger partial charge in [-0.25, -0.2) is 0 Å². The maximum atomic E-state index is 12.7. The number of amides is 1. The predicted molar refractivity (Wildman–Crippen MR) is 94.8 cm³/mol. The first-order chi connectivity index (χ1) is 11.5. The Morgan fingerprint density at radius 3 is 2.67 bits per heavy atom. The van der Waals surface area contributed by atoms with Crippen molar-refractivity contribution in [2.75, 3.05) is 13.6 Å². The van der Waals surface area contributed by atoms with Crippen molar-refractivity contribution < 1.29 is 9.21 Å². The van der Waals surface area contributed by atoms with Crippen LogP contribution in [0, 0.1) is 6.92 Å². The molecule has 24 heavy (non-hydrogen) atoms. The van der Waals surface area contributed by atoms with Gasteiger partial charge in [-0.05, 0) is 56.6 Å². The minimum atomic E-state index is 0.149. The van der Waals surface area contributed by atoms with E-state index in [0.29, 0.717) is 25.7 Å². The molecule has 1 aliphatic carbocycles. The lowest BCUT2D eigenvalue weighted by Crippen LogP contribution is -2.39. The summed E-state index contributed by atoms with van der Waals surface area (Å²) < 4.78 is 5.63. The van der Waals surface area contributed by atoms with Crippen LogP contribution >= 0.6 is 11.6 Å². The van der Waals surface area contributed by atoms with Gasteiger partial charge in [0.05, 0.1) is 13.1 Å². The third-order valence-corrected chi connectivity index (χ3v) is 4.41. The van der Waals surface area contributed by atoms with Crippen molar-refractivity contribution >= 4 is 17.5 Å². The molecule has 1 aliphatic rings. The lowest BCUT2D eigenvalue weighted by Gasteiger charge is -2.25. The van der Waals surface area contributed by atoms with Crippen LogP contribution in [0.4, 0.5) is 0 Å². The number of carbonyl (C=O) groups is 1. The average molecular weight is 347 g/mol. The zero-order chi connectivity index (χ0) is 17.1. The van der Waals surface area contributed by atoms with Gasteiger partial charge in [0.2, 0.25) is 5.91 Å². The normalized spacial score (nSPS) is 14.2. The third kappa shape index (κ3) is 4.62. The van der Waals surface area contributed by atoms with Crippen molar-refractivity contribution in [3.63, 3.8) is 0 Å². The first-order valence-corrected chi connectivity index (χ1v) is 8.67. The molecule has 0 radical (unpaired) electrons. The summed E-state index contributed by atoms with van der Waals surface area (Å²) >= 11 is 6.02. The summed E-state index contributed by atoms with van der Waals surface area (Å²) in [4.78, 5) is 16.7. The highest BCUT2D eigenvalue weighted by Crippen LogP contribution is 2.29. The highest BCUT2D eigenvalue weighted by molar-refractivity contribution is 6.30. The van der Waals surface area contributed by atoms with Crippen molar-refractivity contribution in [1.29, 1.82) is 0 Å². The molecule has 2 aromatic rings. The van der Waals surface area contributed by atoms with Gasteiger partial charge in [0, 0.05) is 17.6 Å². The molecule has 5 heteroatoms. The Kier molecular flexibility index (Phi) is 5.27. The Morgan fingerprint density at radius 1 is 1.25 bits per heavy atom. The molecule has 0 unspecified atom stereocenters. The molecule has 0 aliphatic heterocycles. The molecule has 1 aromatic carbocycles. The topological polar surface area (TPSA) is 36.7 Å². The van der Waals surface area contributed by atoms with E-state index in [1.165, 1.54) is 0 Å². The number of hydrogen-bond acceptors (Lipinski definition) is 3. The van der Waals surface area contributed by atoms with Gasteiger partial charge >= 0.3 is 0 Å². The summed E-state index contributed by atoms with van der Waals surface area (Å²) in [5.74, 6) is 1.88. The van der Waals surface area contributed by atoms with E-state index < -0.39 is 0 Å². The lowest BCUT2D eigenvalue weighted by atomic mass is 10.2. The molecular formula is C19H23ClN2O2. The minimum absolute atomic E-state index is 0.149. The number of halogens is 1. The van der Waals surface area contributed by atoms with E-state index in [2.05, 4.69) is 0 Å². The highest BCUT2D eigenvalue weighted by Gasteiger charge is 2.33. The van der Waals surface area contributed by atoms with E-state index in [4.69, 9.17) is 16.0 Å². The summed E-state index contributed by atoms with van der Waals surface area (Å²) in [6, 6.07) is 12.0. The Hall–Kier alpha value is -1.78. The van der Waals surface area contributed by atoms with E-state index in [1.807, 2.05) is 60.2 Å². The molecule has 4 nitrogen and oxygen atoms in total. The Morgan fingerprint density at radius 2 is 2.04 bits per heavy atom. The van der Waals surface area contributed by atoms with Crippen LogP contribution in [0.15, 0.2) is 40.8 Å². The van der Waals surface area contributed by atoms with Crippen LogP contribution in [0.5, 0.6) is 0 Å². The van der Waals surface area contributed by atoms with Gasteiger partial charge in [-0.2, -0.15) is 0 Å². The Balaban J connectivity index is 1.58. The second-order valence-electron chi connectivity index (χ2n) is 6.57. The molecule has 1 amide bonds. The second-order valence-corrected chi connectivity index (χ2v) is 7.00. The van der Waals surface area contributed by atoms with Crippen LogP contribution < -0.4 is 0 Å². The number of likely N-dealkylation sites (N-methyl/N-ethyl adjacent to an activating group) is 1. The molecular weight excluding hydrogens is 324 g/mol. The van der Waals surface area contributed by atoms with Crippen LogP contribution in [-0.4, -0.2) is 35.3 Å². The monoisotopic (exact) mass is 346 g/mol. The van der Waals surface area contributed by atoms with Crippen LogP contribution in [0.25, 0.3) is 0 Å². The van der Waals surface area contributed by atoms with Gasteiger partial charge < -0.3 is 9.32 Å². The largest absolute Gasteiger partial charge is 0.464 e. The number of rotatable bonds is 7.